The van der Waals surface area contributed by atoms with Gasteiger partial charge in [-0.3, -0.25) is 0 Å². The van der Waals surface area contributed by atoms with E-state index in [1.807, 2.05) is 18.4 Å². The van der Waals surface area contributed by atoms with Gasteiger partial charge < -0.3 is 10.4 Å². The van der Waals surface area contributed by atoms with E-state index in [0.717, 1.165) is 20.9 Å². The van der Waals surface area contributed by atoms with Gasteiger partial charge in [-0.1, -0.05) is 15.9 Å². The maximum absolute atomic E-state index is 10.9. The topological polar surface area (TPSA) is 62.2 Å². The third kappa shape index (κ3) is 3.30. The molecule has 0 saturated heterocycles. The average molecular weight is 327 g/mol. The number of hydrogen-bond acceptors (Lipinski definition) is 4. The highest BCUT2D eigenvalue weighted by Crippen LogP contribution is 2.20. The molecule has 0 aliphatic carbocycles. The Hall–Kier alpha value is -1.40. The van der Waals surface area contributed by atoms with Crippen LogP contribution >= 0.6 is 27.3 Å². The largest absolute Gasteiger partial charge is 0.478 e. The van der Waals surface area contributed by atoms with E-state index in [4.69, 9.17) is 5.11 Å². The summed E-state index contributed by atoms with van der Waals surface area (Å²) in [5.74, 6) is -0.941. The Balaban J connectivity index is 2.11. The number of thiazole rings is 1. The number of halogens is 1. The van der Waals surface area contributed by atoms with Gasteiger partial charge in [0.25, 0.3) is 0 Å². The van der Waals surface area contributed by atoms with Crippen LogP contribution in [0.4, 0.5) is 5.69 Å². The number of aryl methyl sites for hydroxylation is 1. The van der Waals surface area contributed by atoms with Crippen LogP contribution in [0.1, 0.15) is 21.1 Å². The summed E-state index contributed by atoms with van der Waals surface area (Å²) < 4.78 is 0.736. The van der Waals surface area contributed by atoms with Crippen molar-refractivity contribution >= 4 is 38.9 Å². The molecule has 94 valence electrons. The Labute approximate surface area is 117 Å². The van der Waals surface area contributed by atoms with Crippen molar-refractivity contribution in [1.82, 2.24) is 4.98 Å². The van der Waals surface area contributed by atoms with Gasteiger partial charge in [0.15, 0.2) is 0 Å². The highest BCUT2D eigenvalue weighted by atomic mass is 79.9. The van der Waals surface area contributed by atoms with Crippen molar-refractivity contribution in [2.75, 3.05) is 5.32 Å². The van der Waals surface area contributed by atoms with E-state index in [1.54, 1.807) is 23.5 Å². The van der Waals surface area contributed by atoms with Crippen LogP contribution in [-0.2, 0) is 6.54 Å². The fourth-order valence-corrected chi connectivity index (χ4v) is 2.60. The minimum Gasteiger partial charge on any atom is -0.478 e. The zero-order valence-electron chi connectivity index (χ0n) is 9.61. The summed E-state index contributed by atoms with van der Waals surface area (Å²) in [6.07, 6.45) is 0. The van der Waals surface area contributed by atoms with Crippen LogP contribution in [0, 0.1) is 6.92 Å². The average Bonchev–Trinajstić information content (AvgIpc) is 2.72. The number of aromatic nitrogens is 1. The smallest absolute Gasteiger partial charge is 0.335 e. The van der Waals surface area contributed by atoms with E-state index in [1.165, 1.54) is 0 Å². The Morgan fingerprint density at radius 2 is 2.28 bits per heavy atom. The second-order valence-electron chi connectivity index (χ2n) is 3.75. The Morgan fingerprint density at radius 1 is 1.50 bits per heavy atom. The van der Waals surface area contributed by atoms with Crippen LogP contribution in [0.15, 0.2) is 28.1 Å². The molecule has 0 saturated carbocycles. The van der Waals surface area contributed by atoms with Crippen molar-refractivity contribution in [1.29, 1.82) is 0 Å². The van der Waals surface area contributed by atoms with Crippen LogP contribution in [0.5, 0.6) is 0 Å². The van der Waals surface area contributed by atoms with Crippen LogP contribution in [-0.4, -0.2) is 16.1 Å². The molecular weight excluding hydrogens is 316 g/mol. The van der Waals surface area contributed by atoms with E-state index in [2.05, 4.69) is 26.2 Å². The molecule has 6 heteroatoms. The number of nitrogens with one attached hydrogen (secondary N) is 1. The van der Waals surface area contributed by atoms with Gasteiger partial charge >= 0.3 is 5.97 Å². The molecule has 1 aromatic carbocycles. The standard InChI is InChI=1S/C12H11BrN2O2S/c1-7-15-11(6-18-7)5-14-10-3-8(12(16)17)2-9(13)4-10/h2-4,6,14H,5H2,1H3,(H,16,17). The number of anilines is 1. The molecule has 0 bridgehead atoms. The lowest BCUT2D eigenvalue weighted by molar-refractivity contribution is 0.0697. The summed E-state index contributed by atoms with van der Waals surface area (Å²) in [5, 5.41) is 15.1. The summed E-state index contributed by atoms with van der Waals surface area (Å²) in [6, 6.07) is 5.01. The number of carboxylic acids is 1. The second kappa shape index (κ2) is 5.49. The van der Waals surface area contributed by atoms with E-state index < -0.39 is 5.97 Å². The lowest BCUT2D eigenvalue weighted by atomic mass is 10.2. The molecule has 1 aromatic heterocycles. The third-order valence-corrected chi connectivity index (χ3v) is 3.57. The van der Waals surface area contributed by atoms with Crippen molar-refractivity contribution < 1.29 is 9.90 Å². The quantitative estimate of drug-likeness (QED) is 0.902. The number of nitrogens with zero attached hydrogens (tertiary/aromatic N) is 1. The lowest BCUT2D eigenvalue weighted by Crippen LogP contribution is -2.02. The Kier molecular flexibility index (Phi) is 3.98. The SMILES string of the molecule is Cc1nc(CNc2cc(Br)cc(C(=O)O)c2)cs1. The van der Waals surface area contributed by atoms with E-state index in [0.29, 0.717) is 6.54 Å². The van der Waals surface area contributed by atoms with Gasteiger partial charge in [0.05, 0.1) is 22.8 Å². The number of carboxylic acid groups (broad SMARTS) is 1. The molecule has 0 aliphatic rings. The van der Waals surface area contributed by atoms with Gasteiger partial charge in [0.2, 0.25) is 0 Å². The fourth-order valence-electron chi connectivity index (χ4n) is 1.50. The molecule has 4 nitrogen and oxygen atoms in total. The third-order valence-electron chi connectivity index (χ3n) is 2.28. The Bertz CT molecular complexity index is 583. The number of carbonyl (C=O) groups is 1. The predicted molar refractivity (Wildman–Crippen MR) is 75.3 cm³/mol. The predicted octanol–water partition coefficient (Wildman–Crippen LogP) is 3.52. The minimum absolute atomic E-state index is 0.251. The molecule has 0 unspecified atom stereocenters. The molecule has 2 rings (SSSR count). The number of benzene rings is 1. The Morgan fingerprint density at radius 3 is 2.89 bits per heavy atom. The lowest BCUT2D eigenvalue weighted by Gasteiger charge is -2.06. The maximum atomic E-state index is 10.9. The van der Waals surface area contributed by atoms with Crippen molar-refractivity contribution in [3.05, 3.63) is 44.3 Å². The summed E-state index contributed by atoms with van der Waals surface area (Å²) in [6.45, 7) is 2.54. The van der Waals surface area contributed by atoms with Crippen molar-refractivity contribution in [2.24, 2.45) is 0 Å². The van der Waals surface area contributed by atoms with E-state index >= 15 is 0 Å². The van der Waals surface area contributed by atoms with Crippen LogP contribution < -0.4 is 5.32 Å². The molecule has 18 heavy (non-hydrogen) atoms. The van der Waals surface area contributed by atoms with E-state index in [9.17, 15) is 4.79 Å². The van der Waals surface area contributed by atoms with Gasteiger partial charge in [-0.15, -0.1) is 11.3 Å². The van der Waals surface area contributed by atoms with Crippen molar-refractivity contribution in [3.63, 3.8) is 0 Å². The maximum Gasteiger partial charge on any atom is 0.335 e. The molecule has 0 aliphatic heterocycles. The number of hydrogen-bond donors (Lipinski definition) is 2. The van der Waals surface area contributed by atoms with Crippen LogP contribution in [0.2, 0.25) is 0 Å². The summed E-state index contributed by atoms with van der Waals surface area (Å²) in [7, 11) is 0. The van der Waals surface area contributed by atoms with Crippen molar-refractivity contribution in [2.45, 2.75) is 13.5 Å². The molecular formula is C12H11BrN2O2S. The first-order chi connectivity index (χ1) is 8.54. The van der Waals surface area contributed by atoms with E-state index in [-0.39, 0.29) is 5.56 Å². The van der Waals surface area contributed by atoms with Crippen LogP contribution in [0.25, 0.3) is 0 Å². The van der Waals surface area contributed by atoms with Crippen LogP contribution in [0.3, 0.4) is 0 Å². The molecule has 0 fully saturated rings. The summed E-state index contributed by atoms with van der Waals surface area (Å²) >= 11 is 4.89. The van der Waals surface area contributed by atoms with Gasteiger partial charge in [-0.05, 0) is 25.1 Å². The molecule has 2 aromatic rings. The minimum atomic E-state index is -0.941. The first kappa shape index (κ1) is 13.0. The summed E-state index contributed by atoms with van der Waals surface area (Å²) in [4.78, 5) is 15.3. The highest BCUT2D eigenvalue weighted by Gasteiger charge is 2.06. The normalized spacial score (nSPS) is 10.3. The van der Waals surface area contributed by atoms with Gasteiger partial charge in [-0.2, -0.15) is 0 Å². The molecule has 0 spiro atoms. The molecule has 1 heterocycles. The monoisotopic (exact) mass is 326 g/mol. The zero-order chi connectivity index (χ0) is 13.1. The first-order valence-corrected chi connectivity index (χ1v) is 6.90. The molecule has 0 amide bonds. The van der Waals surface area contributed by atoms with Gasteiger partial charge in [0, 0.05) is 15.5 Å². The first-order valence-electron chi connectivity index (χ1n) is 5.23. The fraction of sp³-hybridized carbons (Fsp3) is 0.167. The molecule has 2 N–H and O–H groups in total. The highest BCUT2D eigenvalue weighted by molar-refractivity contribution is 9.10. The van der Waals surface area contributed by atoms with Gasteiger partial charge in [-0.25, -0.2) is 9.78 Å². The number of rotatable bonds is 4. The summed E-state index contributed by atoms with van der Waals surface area (Å²) in [5.41, 5.74) is 1.96. The molecule has 0 radical (unpaired) electrons. The van der Waals surface area contributed by atoms with Crippen molar-refractivity contribution in [3.8, 4) is 0 Å². The second-order valence-corrected chi connectivity index (χ2v) is 5.72. The number of aromatic carboxylic acids is 1. The zero-order valence-corrected chi connectivity index (χ0v) is 12.0. The molecule has 0 atom stereocenters. The van der Waals surface area contributed by atoms with Gasteiger partial charge in [0.1, 0.15) is 0 Å².